The van der Waals surface area contributed by atoms with Crippen LogP contribution < -0.4 is 5.73 Å². The second kappa shape index (κ2) is 5.73. The minimum absolute atomic E-state index is 0.271. The minimum Gasteiger partial charge on any atom is -0.369 e. The van der Waals surface area contributed by atoms with Gasteiger partial charge in [0.1, 0.15) is 0 Å². The summed E-state index contributed by atoms with van der Waals surface area (Å²) >= 11 is 0. The maximum Gasteiger partial charge on any atom is 0.317 e. The van der Waals surface area contributed by atoms with Gasteiger partial charge in [-0.05, 0) is 11.6 Å². The number of aliphatic hydroxyl groups excluding tert-OH is 2. The van der Waals surface area contributed by atoms with Gasteiger partial charge in [0.2, 0.25) is 0 Å². The number of urea groups is 1. The Morgan fingerprint density at radius 2 is 1.89 bits per heavy atom. The maximum absolute atomic E-state index is 11.0. The van der Waals surface area contributed by atoms with Crippen LogP contribution in [-0.4, -0.2) is 51.6 Å². The van der Waals surface area contributed by atoms with Crippen LogP contribution >= 0.6 is 0 Å². The molecule has 1 aliphatic rings. The second-order valence-corrected chi connectivity index (χ2v) is 4.32. The first kappa shape index (κ1) is 13.4. The second-order valence-electron chi connectivity index (χ2n) is 4.32. The summed E-state index contributed by atoms with van der Waals surface area (Å²) in [6, 6.07) is 8.86. The summed E-state index contributed by atoms with van der Waals surface area (Å²) < 4.78 is 0. The molecular formula is C13H17N3O3. The number of hydrogen-bond acceptors (Lipinski definition) is 4. The molecule has 2 atom stereocenters. The van der Waals surface area contributed by atoms with E-state index in [0.29, 0.717) is 6.54 Å². The van der Waals surface area contributed by atoms with Gasteiger partial charge in [0.05, 0.1) is 0 Å². The molecule has 6 nitrogen and oxygen atoms in total. The first-order valence-corrected chi connectivity index (χ1v) is 6.01. The molecule has 4 N–H and O–H groups in total. The third kappa shape index (κ3) is 3.04. The van der Waals surface area contributed by atoms with E-state index in [1.165, 1.54) is 0 Å². The first-order chi connectivity index (χ1) is 9.09. The molecule has 1 fully saturated rings. The van der Waals surface area contributed by atoms with E-state index in [0.717, 1.165) is 10.5 Å². The van der Waals surface area contributed by atoms with Gasteiger partial charge in [-0.25, -0.2) is 4.79 Å². The number of rotatable bonds is 2. The van der Waals surface area contributed by atoms with E-state index in [4.69, 9.17) is 5.73 Å². The lowest BCUT2D eigenvalue weighted by Gasteiger charge is -2.41. The topological polar surface area (TPSA) is 90.0 Å². The average molecular weight is 263 g/mol. The zero-order valence-electron chi connectivity index (χ0n) is 10.4. The minimum atomic E-state index is -1.31. The summed E-state index contributed by atoms with van der Waals surface area (Å²) in [6.45, 7) is 0.678. The summed E-state index contributed by atoms with van der Waals surface area (Å²) in [4.78, 5) is 13.6. The maximum atomic E-state index is 11.0. The van der Waals surface area contributed by atoms with Gasteiger partial charge in [-0.2, -0.15) is 0 Å². The van der Waals surface area contributed by atoms with Crippen LogP contribution in [-0.2, 0) is 0 Å². The predicted molar refractivity (Wildman–Crippen MR) is 70.5 cm³/mol. The van der Waals surface area contributed by atoms with Crippen molar-refractivity contribution in [2.45, 2.75) is 12.5 Å². The van der Waals surface area contributed by atoms with Crippen LogP contribution in [0.5, 0.6) is 0 Å². The van der Waals surface area contributed by atoms with Gasteiger partial charge in [0, 0.05) is 19.3 Å². The lowest BCUT2D eigenvalue weighted by atomic mass is 10.2. The average Bonchev–Trinajstić information content (AvgIpc) is 2.41. The van der Waals surface area contributed by atoms with E-state index >= 15 is 0 Å². The molecule has 0 aromatic heterocycles. The number of benzene rings is 1. The standard InChI is InChI=1S/C13H17N3O3/c14-13(19)16-9-8-15(11(17)12(16)18)7-6-10-4-2-1-3-5-10/h1-7,11-12,17-18H,8-9H2,(H2,14,19). The van der Waals surface area contributed by atoms with Crippen LogP contribution in [0.25, 0.3) is 6.08 Å². The van der Waals surface area contributed by atoms with E-state index in [9.17, 15) is 15.0 Å². The SMILES string of the molecule is NC(=O)N1CCN(C=Cc2ccccc2)C(O)C1O. The van der Waals surface area contributed by atoms with Crippen molar-refractivity contribution in [1.29, 1.82) is 0 Å². The molecule has 1 saturated heterocycles. The van der Waals surface area contributed by atoms with Crippen molar-refractivity contribution < 1.29 is 15.0 Å². The van der Waals surface area contributed by atoms with Gasteiger partial charge >= 0.3 is 6.03 Å². The molecule has 2 amide bonds. The number of aliphatic hydroxyl groups is 2. The molecule has 0 radical (unpaired) electrons. The van der Waals surface area contributed by atoms with E-state index < -0.39 is 18.5 Å². The number of nitrogens with zero attached hydrogens (tertiary/aromatic N) is 2. The Balaban J connectivity index is 2.03. The molecule has 0 bridgehead atoms. The number of nitrogens with two attached hydrogens (primary N) is 1. The normalized spacial score (nSPS) is 23.9. The fourth-order valence-electron chi connectivity index (χ4n) is 1.97. The van der Waals surface area contributed by atoms with Crippen molar-refractivity contribution in [3.05, 3.63) is 42.1 Å². The van der Waals surface area contributed by atoms with E-state index in [2.05, 4.69) is 0 Å². The van der Waals surface area contributed by atoms with E-state index in [-0.39, 0.29) is 6.54 Å². The lowest BCUT2D eigenvalue weighted by Crippen LogP contribution is -2.60. The summed E-state index contributed by atoms with van der Waals surface area (Å²) in [7, 11) is 0. The summed E-state index contributed by atoms with van der Waals surface area (Å²) in [5, 5.41) is 19.7. The van der Waals surface area contributed by atoms with Crippen LogP contribution in [0.15, 0.2) is 36.5 Å². The van der Waals surface area contributed by atoms with Gasteiger partial charge < -0.3 is 20.8 Å². The quantitative estimate of drug-likeness (QED) is 0.700. The third-order valence-electron chi connectivity index (χ3n) is 3.07. The predicted octanol–water partition coefficient (Wildman–Crippen LogP) is -0.00960. The van der Waals surface area contributed by atoms with Gasteiger partial charge in [0.15, 0.2) is 12.5 Å². The third-order valence-corrected chi connectivity index (χ3v) is 3.07. The van der Waals surface area contributed by atoms with Crippen LogP contribution in [0, 0.1) is 0 Å². The highest BCUT2D eigenvalue weighted by Gasteiger charge is 2.34. The van der Waals surface area contributed by atoms with Crippen molar-refractivity contribution >= 4 is 12.1 Å². The molecule has 19 heavy (non-hydrogen) atoms. The van der Waals surface area contributed by atoms with Crippen LogP contribution in [0.4, 0.5) is 4.79 Å². The summed E-state index contributed by atoms with van der Waals surface area (Å²) in [5.41, 5.74) is 6.10. The molecule has 1 aromatic carbocycles. The van der Waals surface area contributed by atoms with Crippen LogP contribution in [0.3, 0.4) is 0 Å². The Morgan fingerprint density at radius 3 is 2.53 bits per heavy atom. The number of piperazine rings is 1. The fourth-order valence-corrected chi connectivity index (χ4v) is 1.97. The number of primary amides is 1. The van der Waals surface area contributed by atoms with Crippen LogP contribution in [0.2, 0.25) is 0 Å². The van der Waals surface area contributed by atoms with Crippen molar-refractivity contribution in [2.24, 2.45) is 5.73 Å². The molecule has 0 saturated carbocycles. The van der Waals surface area contributed by atoms with E-state index in [1.807, 2.05) is 36.4 Å². The lowest BCUT2D eigenvalue weighted by molar-refractivity contribution is -0.144. The molecule has 6 heteroatoms. The number of carbonyl (C=O) groups excluding carboxylic acids is 1. The Kier molecular flexibility index (Phi) is 4.03. The van der Waals surface area contributed by atoms with Gasteiger partial charge in [-0.3, -0.25) is 4.90 Å². The van der Waals surface area contributed by atoms with Crippen LogP contribution in [0.1, 0.15) is 5.56 Å². The van der Waals surface area contributed by atoms with Crippen molar-refractivity contribution in [1.82, 2.24) is 9.80 Å². The molecule has 1 aromatic rings. The zero-order valence-corrected chi connectivity index (χ0v) is 10.4. The smallest absolute Gasteiger partial charge is 0.317 e. The Bertz CT molecular complexity index is 463. The fraction of sp³-hybridized carbons (Fsp3) is 0.308. The number of carbonyl (C=O) groups is 1. The van der Waals surface area contributed by atoms with Crippen molar-refractivity contribution in [2.75, 3.05) is 13.1 Å². The number of amides is 2. The molecule has 1 heterocycles. The Morgan fingerprint density at radius 1 is 1.21 bits per heavy atom. The molecule has 0 aliphatic carbocycles. The molecule has 2 unspecified atom stereocenters. The first-order valence-electron chi connectivity index (χ1n) is 6.01. The van der Waals surface area contributed by atoms with Crippen molar-refractivity contribution in [3.63, 3.8) is 0 Å². The molecule has 1 aliphatic heterocycles. The molecular weight excluding hydrogens is 246 g/mol. The highest BCUT2D eigenvalue weighted by molar-refractivity contribution is 5.72. The van der Waals surface area contributed by atoms with Gasteiger partial charge in [0.25, 0.3) is 0 Å². The molecule has 0 spiro atoms. The molecule has 2 rings (SSSR count). The zero-order chi connectivity index (χ0) is 13.8. The summed E-state index contributed by atoms with van der Waals surface area (Å²) in [5.74, 6) is 0. The van der Waals surface area contributed by atoms with E-state index in [1.54, 1.807) is 11.1 Å². The summed E-state index contributed by atoms with van der Waals surface area (Å²) in [6.07, 6.45) is 1.03. The van der Waals surface area contributed by atoms with Gasteiger partial charge in [-0.15, -0.1) is 0 Å². The largest absolute Gasteiger partial charge is 0.369 e. The number of hydrogen-bond donors (Lipinski definition) is 3. The van der Waals surface area contributed by atoms with Crippen molar-refractivity contribution in [3.8, 4) is 0 Å². The molecule has 102 valence electrons. The highest BCUT2D eigenvalue weighted by Crippen LogP contribution is 2.15. The van der Waals surface area contributed by atoms with Gasteiger partial charge in [-0.1, -0.05) is 30.3 Å². The monoisotopic (exact) mass is 263 g/mol. The Labute approximate surface area is 111 Å². The highest BCUT2D eigenvalue weighted by atomic mass is 16.4. The Hall–Kier alpha value is -2.05.